The van der Waals surface area contributed by atoms with Crippen molar-refractivity contribution in [2.24, 2.45) is 0 Å². The summed E-state index contributed by atoms with van der Waals surface area (Å²) in [5.74, 6) is 0. The molecule has 0 bridgehead atoms. The average molecular weight is 379 g/mol. The molecule has 1 unspecified atom stereocenters. The van der Waals surface area contributed by atoms with Crippen LogP contribution in [0.15, 0.2) is 34.1 Å². The molecule has 0 amide bonds. The number of thiophene rings is 1. The van der Waals surface area contributed by atoms with Crippen LogP contribution in [-0.4, -0.2) is 6.54 Å². The van der Waals surface area contributed by atoms with E-state index in [9.17, 15) is 0 Å². The maximum atomic E-state index is 6.25. The molecule has 1 heterocycles. The molecule has 0 aliphatic rings. The predicted molar refractivity (Wildman–Crippen MR) is 88.6 cm³/mol. The van der Waals surface area contributed by atoms with Crippen LogP contribution in [0.1, 0.15) is 23.4 Å². The highest BCUT2D eigenvalue weighted by Gasteiger charge is 2.15. The van der Waals surface area contributed by atoms with Crippen molar-refractivity contribution >= 4 is 50.5 Å². The third-order valence-corrected chi connectivity index (χ3v) is 5.15. The molecule has 5 heteroatoms. The second-order valence-electron chi connectivity index (χ2n) is 4.19. The van der Waals surface area contributed by atoms with Crippen LogP contribution in [0.5, 0.6) is 0 Å². The van der Waals surface area contributed by atoms with Gasteiger partial charge in [-0.15, -0.1) is 11.3 Å². The van der Waals surface area contributed by atoms with E-state index in [2.05, 4.69) is 40.3 Å². The average Bonchev–Trinajstić information content (AvgIpc) is 2.78. The van der Waals surface area contributed by atoms with Gasteiger partial charge in [-0.25, -0.2) is 0 Å². The summed E-state index contributed by atoms with van der Waals surface area (Å²) in [6.45, 7) is 3.03. The summed E-state index contributed by atoms with van der Waals surface area (Å²) < 4.78 is 1.15. The van der Waals surface area contributed by atoms with Crippen molar-refractivity contribution in [3.8, 4) is 0 Å². The lowest BCUT2D eigenvalue weighted by Gasteiger charge is -2.17. The summed E-state index contributed by atoms with van der Waals surface area (Å²) in [5, 5.41) is 4.90. The highest BCUT2D eigenvalue weighted by molar-refractivity contribution is 9.11. The molecular formula is C14H14BrCl2NS. The molecule has 19 heavy (non-hydrogen) atoms. The first kappa shape index (κ1) is 15.3. The van der Waals surface area contributed by atoms with Crippen LogP contribution in [0.3, 0.4) is 0 Å². The number of halogens is 3. The fourth-order valence-electron chi connectivity index (χ4n) is 1.94. The van der Waals surface area contributed by atoms with E-state index in [1.54, 1.807) is 17.4 Å². The molecule has 0 saturated heterocycles. The zero-order valence-electron chi connectivity index (χ0n) is 10.4. The number of rotatable bonds is 5. The normalized spacial score (nSPS) is 12.6. The molecule has 2 rings (SSSR count). The molecule has 0 saturated carbocycles. The van der Waals surface area contributed by atoms with E-state index in [0.29, 0.717) is 5.02 Å². The third kappa shape index (κ3) is 4.20. The van der Waals surface area contributed by atoms with E-state index in [0.717, 1.165) is 27.3 Å². The zero-order chi connectivity index (χ0) is 13.8. The van der Waals surface area contributed by atoms with Crippen LogP contribution in [0.4, 0.5) is 0 Å². The van der Waals surface area contributed by atoms with Crippen molar-refractivity contribution in [3.05, 3.63) is 54.6 Å². The number of nitrogens with one attached hydrogen (secondary N) is 1. The van der Waals surface area contributed by atoms with Crippen molar-refractivity contribution in [1.29, 1.82) is 0 Å². The minimum atomic E-state index is 0.278. The Morgan fingerprint density at radius 2 is 2.05 bits per heavy atom. The van der Waals surface area contributed by atoms with Crippen molar-refractivity contribution < 1.29 is 0 Å². The van der Waals surface area contributed by atoms with Crippen molar-refractivity contribution in [1.82, 2.24) is 5.32 Å². The Kier molecular flexibility index (Phi) is 5.72. The van der Waals surface area contributed by atoms with Crippen molar-refractivity contribution in [2.45, 2.75) is 19.4 Å². The van der Waals surface area contributed by atoms with Crippen LogP contribution < -0.4 is 5.32 Å². The largest absolute Gasteiger partial charge is 0.309 e. The monoisotopic (exact) mass is 377 g/mol. The van der Waals surface area contributed by atoms with E-state index in [4.69, 9.17) is 23.2 Å². The van der Waals surface area contributed by atoms with Gasteiger partial charge in [-0.05, 0) is 58.7 Å². The van der Waals surface area contributed by atoms with Crippen LogP contribution in [0, 0.1) is 0 Å². The van der Waals surface area contributed by atoms with Crippen molar-refractivity contribution in [3.63, 3.8) is 0 Å². The highest BCUT2D eigenvalue weighted by atomic mass is 79.9. The first-order valence-corrected chi connectivity index (χ1v) is 8.39. The van der Waals surface area contributed by atoms with Gasteiger partial charge in [-0.1, -0.05) is 36.2 Å². The molecule has 0 radical (unpaired) electrons. The second kappa shape index (κ2) is 7.09. The van der Waals surface area contributed by atoms with E-state index in [1.165, 1.54) is 4.88 Å². The minimum absolute atomic E-state index is 0.278. The SMILES string of the molecule is CCNC(Cc1ccc(Cl)cc1Cl)c1ccc(Br)s1. The molecule has 0 aliphatic heterocycles. The van der Waals surface area contributed by atoms with Gasteiger partial charge in [0.2, 0.25) is 0 Å². The van der Waals surface area contributed by atoms with Gasteiger partial charge in [0.1, 0.15) is 0 Å². The van der Waals surface area contributed by atoms with Crippen LogP contribution in [-0.2, 0) is 6.42 Å². The molecule has 1 atom stereocenters. The van der Waals surface area contributed by atoms with Gasteiger partial charge in [-0.2, -0.15) is 0 Å². The molecule has 1 aromatic heterocycles. The Bertz CT molecular complexity index is 556. The van der Waals surface area contributed by atoms with Gasteiger partial charge in [-0.3, -0.25) is 0 Å². The summed E-state index contributed by atoms with van der Waals surface area (Å²) in [7, 11) is 0. The van der Waals surface area contributed by atoms with Crippen molar-refractivity contribution in [2.75, 3.05) is 6.54 Å². The van der Waals surface area contributed by atoms with Gasteiger partial charge >= 0.3 is 0 Å². The second-order valence-corrected chi connectivity index (χ2v) is 7.53. The Morgan fingerprint density at radius 1 is 1.26 bits per heavy atom. The molecule has 1 nitrogen and oxygen atoms in total. The first-order chi connectivity index (χ1) is 9.10. The lowest BCUT2D eigenvalue weighted by Crippen LogP contribution is -2.22. The summed E-state index contributed by atoms with van der Waals surface area (Å²) >= 11 is 17.4. The van der Waals surface area contributed by atoms with E-state index in [1.807, 2.05) is 12.1 Å². The van der Waals surface area contributed by atoms with Crippen LogP contribution >= 0.6 is 50.5 Å². The fraction of sp³-hybridized carbons (Fsp3) is 0.286. The van der Waals surface area contributed by atoms with E-state index < -0.39 is 0 Å². The van der Waals surface area contributed by atoms with Crippen LogP contribution in [0.2, 0.25) is 10.0 Å². The van der Waals surface area contributed by atoms with E-state index >= 15 is 0 Å². The Hall–Kier alpha value is -0.0600. The summed E-state index contributed by atoms with van der Waals surface area (Å²) in [6, 6.07) is 10.2. The molecule has 0 spiro atoms. The highest BCUT2D eigenvalue weighted by Crippen LogP contribution is 2.31. The van der Waals surface area contributed by atoms with E-state index in [-0.39, 0.29) is 6.04 Å². The minimum Gasteiger partial charge on any atom is -0.309 e. The smallest absolute Gasteiger partial charge is 0.0701 e. The molecule has 0 aliphatic carbocycles. The Labute approximate surface area is 136 Å². The zero-order valence-corrected chi connectivity index (χ0v) is 14.3. The van der Waals surface area contributed by atoms with Gasteiger partial charge in [0.05, 0.1) is 3.79 Å². The predicted octanol–water partition coefficient (Wildman–Crippen LogP) is 5.71. The molecular weight excluding hydrogens is 365 g/mol. The lowest BCUT2D eigenvalue weighted by molar-refractivity contribution is 0.558. The van der Waals surface area contributed by atoms with Gasteiger partial charge < -0.3 is 5.32 Å². The van der Waals surface area contributed by atoms with Gasteiger partial charge in [0.25, 0.3) is 0 Å². The molecule has 1 aromatic carbocycles. The maximum absolute atomic E-state index is 6.25. The number of hydrogen-bond donors (Lipinski definition) is 1. The molecule has 0 fully saturated rings. The topological polar surface area (TPSA) is 12.0 Å². The standard InChI is InChI=1S/C14H14BrCl2NS/c1-2-18-12(13-5-6-14(15)19-13)7-9-3-4-10(16)8-11(9)17/h3-6,8,12,18H,2,7H2,1H3. The molecule has 2 aromatic rings. The first-order valence-electron chi connectivity index (χ1n) is 6.02. The summed E-state index contributed by atoms with van der Waals surface area (Å²) in [4.78, 5) is 1.31. The fourth-order valence-corrected chi connectivity index (χ4v) is 3.93. The quantitative estimate of drug-likeness (QED) is 0.702. The van der Waals surface area contributed by atoms with Gasteiger partial charge in [0.15, 0.2) is 0 Å². The number of benzene rings is 1. The van der Waals surface area contributed by atoms with Gasteiger partial charge in [0, 0.05) is 21.0 Å². The molecule has 102 valence electrons. The Balaban J connectivity index is 2.21. The lowest BCUT2D eigenvalue weighted by atomic mass is 10.0. The maximum Gasteiger partial charge on any atom is 0.0701 e. The Morgan fingerprint density at radius 3 is 2.63 bits per heavy atom. The molecule has 1 N–H and O–H groups in total. The third-order valence-electron chi connectivity index (χ3n) is 2.83. The van der Waals surface area contributed by atoms with Crippen LogP contribution in [0.25, 0.3) is 0 Å². The summed E-state index contributed by atoms with van der Waals surface area (Å²) in [5.41, 5.74) is 1.11. The number of hydrogen-bond acceptors (Lipinski definition) is 2. The summed E-state index contributed by atoms with van der Waals surface area (Å²) in [6.07, 6.45) is 0.858. The number of likely N-dealkylation sites (N-methyl/N-ethyl adjacent to an activating group) is 1.